The minimum Gasteiger partial charge on any atom is -0.320 e. The fraction of sp³-hybridized carbons (Fsp3) is 0.250. The lowest BCUT2D eigenvalue weighted by Crippen LogP contribution is -2.02. The average Bonchev–Trinajstić information content (AvgIpc) is 1.61. The van der Waals surface area contributed by atoms with E-state index in [1.165, 1.54) is 0 Å². The van der Waals surface area contributed by atoms with Gasteiger partial charge < -0.3 is 5.32 Å². The summed E-state index contributed by atoms with van der Waals surface area (Å²) in [6.07, 6.45) is 3.38. The lowest BCUT2D eigenvalue weighted by Gasteiger charge is -1.78. The molecule has 2 heteroatoms. The first-order valence-electron chi connectivity index (χ1n) is 1.64. The van der Waals surface area contributed by atoms with Gasteiger partial charge in [-0.15, -0.1) is 6.58 Å². The fourth-order valence-corrected chi connectivity index (χ4v) is 0.118. The maximum Gasteiger partial charge on any atom is 0.176 e. The largest absolute Gasteiger partial charge is 0.320 e. The van der Waals surface area contributed by atoms with E-state index in [0.717, 1.165) is 0 Å². The van der Waals surface area contributed by atoms with Gasteiger partial charge >= 0.3 is 0 Å². The van der Waals surface area contributed by atoms with Gasteiger partial charge in [0.2, 0.25) is 0 Å². The Morgan fingerprint density at radius 1 is 2.00 bits per heavy atom. The van der Waals surface area contributed by atoms with Gasteiger partial charge in [0, 0.05) is 6.54 Å². The van der Waals surface area contributed by atoms with Crippen molar-refractivity contribution < 1.29 is 0 Å². The Morgan fingerprint density at radius 2 is 2.67 bits per heavy atom. The van der Waals surface area contributed by atoms with E-state index in [4.69, 9.17) is 5.26 Å². The third-order valence-electron chi connectivity index (χ3n) is 0.325. The fourth-order valence-electron chi connectivity index (χ4n) is 0.118. The first-order chi connectivity index (χ1) is 2.91. The summed E-state index contributed by atoms with van der Waals surface area (Å²) in [7, 11) is 0. The van der Waals surface area contributed by atoms with Crippen LogP contribution in [0.3, 0.4) is 0 Å². The van der Waals surface area contributed by atoms with E-state index in [9.17, 15) is 0 Å². The zero-order chi connectivity index (χ0) is 4.83. The van der Waals surface area contributed by atoms with Gasteiger partial charge in [-0.2, -0.15) is 5.26 Å². The van der Waals surface area contributed by atoms with E-state index in [2.05, 4.69) is 11.9 Å². The maximum atomic E-state index is 7.79. The maximum absolute atomic E-state index is 7.79. The van der Waals surface area contributed by atoms with E-state index in [0.29, 0.717) is 6.54 Å². The lowest BCUT2D eigenvalue weighted by atomic mass is 10.7. The molecule has 0 aliphatic rings. The Hall–Kier alpha value is -0.970. The second-order valence-corrected chi connectivity index (χ2v) is 0.781. The summed E-state index contributed by atoms with van der Waals surface area (Å²) in [6, 6.07) is 0. The molecule has 0 aromatic rings. The summed E-state index contributed by atoms with van der Waals surface area (Å²) in [5.74, 6) is 0. The molecule has 0 saturated heterocycles. The van der Waals surface area contributed by atoms with Gasteiger partial charge in [0.15, 0.2) is 6.19 Å². The number of hydrogen-bond acceptors (Lipinski definition) is 2. The lowest BCUT2D eigenvalue weighted by molar-refractivity contribution is 1.00. The first-order valence-corrected chi connectivity index (χ1v) is 1.64. The van der Waals surface area contributed by atoms with Crippen molar-refractivity contribution in [3.63, 3.8) is 0 Å². The zero-order valence-corrected chi connectivity index (χ0v) is 3.44. The third-order valence-corrected chi connectivity index (χ3v) is 0.325. The summed E-state index contributed by atoms with van der Waals surface area (Å²) >= 11 is 0. The van der Waals surface area contributed by atoms with E-state index in [1.54, 1.807) is 12.3 Å². The molecule has 0 aliphatic heterocycles. The summed E-state index contributed by atoms with van der Waals surface area (Å²) in [4.78, 5) is 0. The quantitative estimate of drug-likeness (QED) is 0.225. The van der Waals surface area contributed by atoms with Crippen molar-refractivity contribution in [3.05, 3.63) is 12.7 Å². The molecule has 32 valence electrons. The molecule has 0 aliphatic carbocycles. The molecule has 0 rings (SSSR count). The molecule has 2 nitrogen and oxygen atoms in total. The van der Waals surface area contributed by atoms with Crippen LogP contribution in [0, 0.1) is 11.5 Å². The van der Waals surface area contributed by atoms with E-state index in [-0.39, 0.29) is 0 Å². The first kappa shape index (κ1) is 5.03. The molecule has 0 fully saturated rings. The molecule has 0 unspecified atom stereocenters. The predicted octanol–water partition coefficient (Wildman–Crippen LogP) is 0.243. The van der Waals surface area contributed by atoms with Crippen LogP contribution in [0.15, 0.2) is 12.7 Å². The van der Waals surface area contributed by atoms with Crippen LogP contribution in [0.5, 0.6) is 0 Å². The standard InChI is InChI=1S/C4H6N2/c1-2-3-6-4-5/h2,6H,1,3H2/i4+2. The van der Waals surface area contributed by atoms with Crippen LogP contribution in [-0.2, 0) is 0 Å². The summed E-state index contributed by atoms with van der Waals surface area (Å²) in [5, 5.41) is 10.2. The predicted molar refractivity (Wildman–Crippen MR) is 23.8 cm³/mol. The molecule has 0 aromatic carbocycles. The highest BCUT2D eigenvalue weighted by Crippen LogP contribution is 1.51. The van der Waals surface area contributed by atoms with Gasteiger partial charge in [0.1, 0.15) is 0 Å². The highest BCUT2D eigenvalue weighted by atomic mass is 15.3. The average molecular weight is 84.1 g/mol. The minimum absolute atomic E-state index is 0.566. The van der Waals surface area contributed by atoms with Crippen molar-refractivity contribution in [1.82, 2.24) is 5.32 Å². The van der Waals surface area contributed by atoms with E-state index < -0.39 is 0 Å². The molecular formula is C4H6N2. The van der Waals surface area contributed by atoms with Gasteiger partial charge in [-0.3, -0.25) is 0 Å². The Morgan fingerprint density at radius 3 is 2.83 bits per heavy atom. The van der Waals surface area contributed by atoms with Gasteiger partial charge in [-0.1, -0.05) is 6.08 Å². The van der Waals surface area contributed by atoms with Crippen LogP contribution in [0.25, 0.3) is 0 Å². The van der Waals surface area contributed by atoms with E-state index >= 15 is 0 Å². The SMILES string of the molecule is C=CCN[14C]#N. The summed E-state index contributed by atoms with van der Waals surface area (Å²) in [5.41, 5.74) is 0. The molecular weight excluding hydrogens is 78.1 g/mol. The second kappa shape index (κ2) is 4.03. The summed E-state index contributed by atoms with van der Waals surface area (Å²) in [6.45, 7) is 3.95. The van der Waals surface area contributed by atoms with Crippen molar-refractivity contribution in [3.8, 4) is 6.19 Å². The van der Waals surface area contributed by atoms with Crippen LogP contribution in [0.1, 0.15) is 0 Å². The molecule has 6 heavy (non-hydrogen) atoms. The monoisotopic (exact) mass is 84.1 g/mol. The number of rotatable bonds is 2. The van der Waals surface area contributed by atoms with E-state index in [1.807, 2.05) is 0 Å². The molecule has 0 amide bonds. The van der Waals surface area contributed by atoms with Gasteiger partial charge in [-0.25, -0.2) is 0 Å². The second-order valence-electron chi connectivity index (χ2n) is 0.781. The van der Waals surface area contributed by atoms with Crippen molar-refractivity contribution in [1.29, 1.82) is 5.26 Å². The molecule has 0 spiro atoms. The molecule has 0 heterocycles. The number of nitriles is 1. The topological polar surface area (TPSA) is 35.8 Å². The normalized spacial score (nSPS) is 5.83. The Kier molecular flexibility index (Phi) is 3.38. The van der Waals surface area contributed by atoms with Gasteiger partial charge in [-0.05, 0) is 0 Å². The Bertz CT molecular complexity index is 70.1. The Balaban J connectivity index is 2.72. The van der Waals surface area contributed by atoms with Crippen molar-refractivity contribution in [2.75, 3.05) is 6.54 Å². The molecule has 0 radical (unpaired) electrons. The number of hydrogen-bond donors (Lipinski definition) is 1. The van der Waals surface area contributed by atoms with Crippen LogP contribution >= 0.6 is 0 Å². The molecule has 0 saturated carbocycles. The Labute approximate surface area is 37.1 Å². The van der Waals surface area contributed by atoms with Crippen LogP contribution in [0.2, 0.25) is 0 Å². The molecule has 0 aromatic heterocycles. The molecule has 0 bridgehead atoms. The van der Waals surface area contributed by atoms with Crippen molar-refractivity contribution in [2.45, 2.75) is 0 Å². The van der Waals surface area contributed by atoms with Crippen molar-refractivity contribution in [2.24, 2.45) is 0 Å². The smallest absolute Gasteiger partial charge is 0.176 e. The molecule has 1 N–H and O–H groups in total. The highest BCUT2D eigenvalue weighted by molar-refractivity contribution is 4.75. The highest BCUT2D eigenvalue weighted by Gasteiger charge is 1.63. The van der Waals surface area contributed by atoms with Crippen molar-refractivity contribution >= 4 is 0 Å². The van der Waals surface area contributed by atoms with Crippen LogP contribution in [-0.4, -0.2) is 6.54 Å². The van der Waals surface area contributed by atoms with Crippen LogP contribution < -0.4 is 5.32 Å². The van der Waals surface area contributed by atoms with Crippen LogP contribution in [0.4, 0.5) is 0 Å². The van der Waals surface area contributed by atoms with Gasteiger partial charge in [0.25, 0.3) is 0 Å². The zero-order valence-electron chi connectivity index (χ0n) is 3.44. The minimum atomic E-state index is 0.566. The number of nitrogens with zero attached hydrogens (tertiary/aromatic N) is 1. The third kappa shape index (κ3) is 3.03. The molecule has 0 atom stereocenters. The summed E-state index contributed by atoms with van der Waals surface area (Å²) < 4.78 is 0. The number of nitrogens with one attached hydrogen (secondary N) is 1. The van der Waals surface area contributed by atoms with Gasteiger partial charge in [0.05, 0.1) is 0 Å².